The van der Waals surface area contributed by atoms with Crippen LogP contribution in [0.15, 0.2) is 59.7 Å². The van der Waals surface area contributed by atoms with Crippen molar-refractivity contribution in [3.8, 4) is 0 Å². The molecular weight excluding hydrogens is 484 g/mol. The summed E-state index contributed by atoms with van der Waals surface area (Å²) in [7, 11) is 0. The maximum atomic E-state index is 11.9. The second kappa shape index (κ2) is 18.1. The zero-order valence-electron chi connectivity index (χ0n) is 26.2. The lowest BCUT2D eigenvalue weighted by Gasteiger charge is -2.11. The van der Waals surface area contributed by atoms with Crippen LogP contribution >= 0.6 is 0 Å². The van der Waals surface area contributed by atoms with E-state index in [0.717, 1.165) is 55.5 Å². The Morgan fingerprint density at radius 2 is 0.975 bits per heavy atom. The molecule has 2 nitrogen and oxygen atoms in total. The molecule has 0 spiro atoms. The van der Waals surface area contributed by atoms with Crippen LogP contribution in [0, 0.1) is 0 Å². The van der Waals surface area contributed by atoms with E-state index in [1.807, 2.05) is 0 Å². The van der Waals surface area contributed by atoms with E-state index in [1.54, 1.807) is 4.70 Å². The molecule has 0 saturated carbocycles. The maximum absolute atomic E-state index is 11.9. The summed E-state index contributed by atoms with van der Waals surface area (Å²) in [5.74, 6) is 0. The molecule has 3 rings (SSSR count). The Morgan fingerprint density at radius 1 is 0.475 bits per heavy atom. The second-order valence-electron chi connectivity index (χ2n) is 11.9. The number of nitrogens with zero attached hydrogens (tertiary/aromatic N) is 2. The molecule has 2 aromatic carbocycles. The highest BCUT2D eigenvalue weighted by Crippen LogP contribution is 2.44. The fourth-order valence-corrected chi connectivity index (χ4v) is 6.06. The summed E-state index contributed by atoms with van der Waals surface area (Å²) in [6, 6.07) is 18.0. The lowest BCUT2D eigenvalue weighted by atomic mass is 9.91. The van der Waals surface area contributed by atoms with Crippen LogP contribution < -0.4 is 0 Å². The predicted octanol–water partition coefficient (Wildman–Crippen LogP) is 12.3. The van der Waals surface area contributed by atoms with Crippen LogP contribution in [0.1, 0.15) is 153 Å². The van der Waals surface area contributed by atoms with Crippen LogP contribution in [0.4, 0.5) is 0 Å². The van der Waals surface area contributed by atoms with Gasteiger partial charge in [-0.1, -0.05) is 116 Å². The van der Waals surface area contributed by atoms with Crippen molar-refractivity contribution in [3.63, 3.8) is 0 Å². The molecule has 0 aliphatic carbocycles. The van der Waals surface area contributed by atoms with Crippen LogP contribution in [-0.2, 0) is 12.8 Å². The average Bonchev–Trinajstić information content (AvgIpc) is 3.25. The van der Waals surface area contributed by atoms with Crippen LogP contribution in [0.3, 0.4) is 0 Å². The Bertz CT molecular complexity index is 1100. The van der Waals surface area contributed by atoms with Crippen molar-refractivity contribution in [2.24, 2.45) is 0 Å². The minimum absolute atomic E-state index is 1.01. The van der Waals surface area contributed by atoms with Gasteiger partial charge in [0.25, 0.3) is 0 Å². The molecule has 0 saturated heterocycles. The summed E-state index contributed by atoms with van der Waals surface area (Å²) in [4.78, 5) is 0. The lowest BCUT2D eigenvalue weighted by Crippen LogP contribution is -2.03. The fourth-order valence-electron chi connectivity index (χ4n) is 6.06. The molecular formula is C38H56N2. The van der Waals surface area contributed by atoms with E-state index in [0.29, 0.717) is 0 Å². The van der Waals surface area contributed by atoms with E-state index in [1.165, 1.54) is 105 Å². The number of hydrogen-bond acceptors (Lipinski definition) is 0. The lowest BCUT2D eigenvalue weighted by molar-refractivity contribution is -0.345. The summed E-state index contributed by atoms with van der Waals surface area (Å²) < 4.78 is 1.56. The number of hydrogen-bond donors (Lipinski definition) is 0. The van der Waals surface area contributed by atoms with Gasteiger partial charge in [0.1, 0.15) is 0 Å². The van der Waals surface area contributed by atoms with Crippen LogP contribution in [0.25, 0.3) is 16.9 Å². The minimum atomic E-state index is 1.01. The molecule has 218 valence electrons. The molecule has 2 heteroatoms. The van der Waals surface area contributed by atoms with Gasteiger partial charge in [-0.15, -0.1) is 0 Å². The molecule has 0 N–H and O–H groups in total. The molecule has 2 aromatic rings. The topological polar surface area (TPSA) is 25.3 Å². The summed E-state index contributed by atoms with van der Waals surface area (Å²) in [6.45, 7) is 9.08. The maximum Gasteiger partial charge on any atom is 0.211 e. The van der Waals surface area contributed by atoms with Gasteiger partial charge in [0.15, 0.2) is 0 Å². The second-order valence-corrected chi connectivity index (χ2v) is 11.9. The quantitative estimate of drug-likeness (QED) is 0.118. The van der Waals surface area contributed by atoms with Crippen LogP contribution in [0.2, 0.25) is 0 Å². The Hall–Kier alpha value is -2.48. The van der Waals surface area contributed by atoms with Gasteiger partial charge in [-0.3, -0.25) is 0 Å². The van der Waals surface area contributed by atoms with Crippen molar-refractivity contribution < 1.29 is 4.70 Å². The Kier molecular flexibility index (Phi) is 14.5. The summed E-state index contributed by atoms with van der Waals surface area (Å²) in [5, 5.41) is 0. The van der Waals surface area contributed by atoms with Crippen molar-refractivity contribution in [2.45, 2.75) is 143 Å². The van der Waals surface area contributed by atoms with E-state index < -0.39 is 0 Å². The molecule has 0 radical (unpaired) electrons. The van der Waals surface area contributed by atoms with E-state index in [2.05, 4.69) is 76.2 Å². The summed E-state index contributed by atoms with van der Waals surface area (Å²) >= 11 is 0. The molecule has 1 aliphatic rings. The minimum Gasteiger partial charge on any atom is -0.493 e. The third-order valence-electron chi connectivity index (χ3n) is 8.49. The van der Waals surface area contributed by atoms with E-state index in [-0.39, 0.29) is 0 Å². The Morgan fingerprint density at radius 3 is 1.65 bits per heavy atom. The van der Waals surface area contributed by atoms with Gasteiger partial charge < -0.3 is 5.53 Å². The van der Waals surface area contributed by atoms with Gasteiger partial charge in [-0.2, -0.15) is 0 Å². The van der Waals surface area contributed by atoms with Gasteiger partial charge >= 0.3 is 0 Å². The van der Waals surface area contributed by atoms with Crippen molar-refractivity contribution in [2.75, 3.05) is 0 Å². The van der Waals surface area contributed by atoms with Crippen LogP contribution in [0.5, 0.6) is 0 Å². The first kappa shape index (κ1) is 32.0. The predicted molar refractivity (Wildman–Crippen MR) is 174 cm³/mol. The number of rotatable bonds is 20. The number of unbranched alkanes of at least 4 members (excludes halogenated alkanes) is 10. The number of aryl methyl sites for hydroxylation is 2. The zero-order chi connectivity index (χ0) is 28.6. The molecule has 40 heavy (non-hydrogen) atoms. The highest BCUT2D eigenvalue weighted by molar-refractivity contribution is 5.82. The highest BCUT2D eigenvalue weighted by Gasteiger charge is 2.35. The molecule has 0 bridgehead atoms. The summed E-state index contributed by atoms with van der Waals surface area (Å²) in [5.41, 5.74) is 21.8. The number of allylic oxidation sites excluding steroid dienone is 2. The van der Waals surface area contributed by atoms with Gasteiger partial charge in [-0.25, -0.2) is 4.70 Å². The monoisotopic (exact) mass is 540 g/mol. The van der Waals surface area contributed by atoms with Gasteiger partial charge in [-0.05, 0) is 86.8 Å². The standard InChI is InChI=1S/C38H56N2/c1-5-9-13-15-16-17-21-32-22-19-23-34(30-32)38-36(25-18-14-10-6-2)35(24-12-8-4)37(40(38)39)33-28-26-31(27-29-33)20-11-7-3/h19,22-23,26-30H,5-18,20-21,24-25H2,1-4H3. The highest BCUT2D eigenvalue weighted by atomic mass is 15.2. The normalized spacial score (nSPS) is 13.7. The van der Waals surface area contributed by atoms with Crippen molar-refractivity contribution in [1.82, 2.24) is 0 Å². The largest absolute Gasteiger partial charge is 0.493 e. The first-order valence-electron chi connectivity index (χ1n) is 16.8. The Labute approximate surface area is 246 Å². The SMILES string of the molecule is CCCCCCCCc1cccc(C2=C(CCCCCC)C(CCCC)=C(c3ccc(CCCC)cc3)[N+]2=[N-])c1. The molecule has 1 aliphatic heterocycles. The van der Waals surface area contributed by atoms with Crippen molar-refractivity contribution in [3.05, 3.63) is 87.5 Å². The first-order chi connectivity index (χ1) is 19.6. The van der Waals surface area contributed by atoms with Gasteiger partial charge in [0.2, 0.25) is 11.4 Å². The van der Waals surface area contributed by atoms with Crippen LogP contribution in [-0.4, -0.2) is 4.70 Å². The van der Waals surface area contributed by atoms with Crippen molar-refractivity contribution in [1.29, 1.82) is 0 Å². The molecule has 0 amide bonds. The molecule has 0 fully saturated rings. The number of benzene rings is 2. The van der Waals surface area contributed by atoms with E-state index in [4.69, 9.17) is 0 Å². The fraction of sp³-hybridized carbons (Fsp3) is 0.579. The smallest absolute Gasteiger partial charge is 0.211 e. The van der Waals surface area contributed by atoms with Gasteiger partial charge in [0.05, 0.1) is 0 Å². The van der Waals surface area contributed by atoms with Gasteiger partial charge in [0, 0.05) is 22.3 Å². The van der Waals surface area contributed by atoms with Crippen molar-refractivity contribution >= 4 is 11.4 Å². The zero-order valence-corrected chi connectivity index (χ0v) is 26.2. The van der Waals surface area contributed by atoms with E-state index >= 15 is 0 Å². The average molecular weight is 541 g/mol. The van der Waals surface area contributed by atoms with E-state index in [9.17, 15) is 5.53 Å². The molecule has 1 heterocycles. The summed E-state index contributed by atoms with van der Waals surface area (Å²) in [6.07, 6.45) is 21.9. The molecule has 0 aromatic heterocycles. The molecule has 0 atom stereocenters. The molecule has 0 unspecified atom stereocenters. The third-order valence-corrected chi connectivity index (χ3v) is 8.49. The Balaban J connectivity index is 1.93. The third kappa shape index (κ3) is 9.28. The first-order valence-corrected chi connectivity index (χ1v) is 16.8.